The number of Topliss-reactive ketones (excluding diaryl/α,β-unsaturated/α-hetero) is 1. The van der Waals surface area contributed by atoms with E-state index in [4.69, 9.17) is 0 Å². The van der Waals surface area contributed by atoms with Crippen molar-refractivity contribution in [3.63, 3.8) is 0 Å². The van der Waals surface area contributed by atoms with Crippen LogP contribution >= 0.6 is 0 Å². The van der Waals surface area contributed by atoms with E-state index in [2.05, 4.69) is 20.8 Å². The van der Waals surface area contributed by atoms with E-state index in [0.717, 1.165) is 51.4 Å². The maximum Gasteiger partial charge on any atom is 0.129 e. The molecule has 4 aliphatic carbocycles. The van der Waals surface area contributed by atoms with Crippen molar-refractivity contribution in [2.24, 2.45) is 46.3 Å². The van der Waals surface area contributed by atoms with Gasteiger partial charge >= 0.3 is 0 Å². The summed E-state index contributed by atoms with van der Waals surface area (Å²) in [7, 11) is 0. The van der Waals surface area contributed by atoms with Crippen molar-refractivity contribution < 1.29 is 20.1 Å². The molecule has 0 aromatic carbocycles. The van der Waals surface area contributed by atoms with Crippen LogP contribution in [0.2, 0.25) is 0 Å². The summed E-state index contributed by atoms with van der Waals surface area (Å²) < 4.78 is 0. The number of aliphatic hydroxyl groups is 3. The smallest absolute Gasteiger partial charge is 0.129 e. The molecule has 4 heteroatoms. The number of carbonyl (C=O) groups excluding carboxylic acids is 1. The molecule has 0 radical (unpaired) electrons. The Balaban J connectivity index is 1.61. The van der Waals surface area contributed by atoms with Gasteiger partial charge in [-0.1, -0.05) is 20.8 Å². The van der Waals surface area contributed by atoms with Gasteiger partial charge in [-0.15, -0.1) is 0 Å². The van der Waals surface area contributed by atoms with Gasteiger partial charge in [0.2, 0.25) is 0 Å². The molecule has 0 aliphatic heterocycles. The van der Waals surface area contributed by atoms with Gasteiger partial charge in [0, 0.05) is 6.42 Å². The van der Waals surface area contributed by atoms with E-state index in [-0.39, 0.29) is 40.8 Å². The zero-order valence-electron chi connectivity index (χ0n) is 18.8. The minimum atomic E-state index is -0.337. The number of aliphatic hydroxyl groups excluding tert-OH is 3. The zero-order valence-corrected chi connectivity index (χ0v) is 18.8. The van der Waals surface area contributed by atoms with Gasteiger partial charge in [0.05, 0.1) is 18.3 Å². The van der Waals surface area contributed by atoms with Crippen LogP contribution in [0.4, 0.5) is 0 Å². The molecule has 4 rings (SSSR count). The minimum absolute atomic E-state index is 0.129. The van der Waals surface area contributed by atoms with Crippen molar-refractivity contribution in [1.82, 2.24) is 0 Å². The van der Waals surface area contributed by atoms with Crippen LogP contribution in [-0.2, 0) is 4.79 Å². The predicted molar refractivity (Wildman–Crippen MR) is 113 cm³/mol. The number of rotatable bonds is 4. The summed E-state index contributed by atoms with van der Waals surface area (Å²) >= 11 is 0. The quantitative estimate of drug-likeness (QED) is 0.660. The molecule has 166 valence electrons. The number of carbonyl (C=O) groups is 1. The molecule has 29 heavy (non-hydrogen) atoms. The molecule has 0 saturated heterocycles. The largest absolute Gasteiger partial charge is 0.393 e. The van der Waals surface area contributed by atoms with E-state index < -0.39 is 0 Å². The molecule has 11 atom stereocenters. The molecule has 4 unspecified atom stereocenters. The minimum Gasteiger partial charge on any atom is -0.393 e. The summed E-state index contributed by atoms with van der Waals surface area (Å²) in [5.74, 6) is 2.45. The van der Waals surface area contributed by atoms with Crippen LogP contribution in [0.15, 0.2) is 0 Å². The summed E-state index contributed by atoms with van der Waals surface area (Å²) in [6.45, 7) is 8.59. The standard InChI is InChI=1S/C25H42O4/c1-14(5-6-15(2)26)18-7-8-19-23-20(13-22(29)25(18,19)4)24(3)10-9-17(27)11-16(24)12-21(23)28/h14,16-23,27-29H,5-13H2,1-4H3/t14-,16?,17-,18-,19?,20?,21-,22+,23?,24+,25-/m1/s1. The zero-order chi connectivity index (χ0) is 21.1. The SMILES string of the molecule is CC(=O)CC[C@@H](C)[C@H]1CCC2C3C(C[C@H](O)[C@@]21C)[C@@]1(C)CC[C@@H](O)CC1C[C@H]3O. The maximum atomic E-state index is 11.5. The van der Waals surface area contributed by atoms with E-state index in [1.807, 2.05) is 0 Å². The van der Waals surface area contributed by atoms with Gasteiger partial charge < -0.3 is 20.1 Å². The van der Waals surface area contributed by atoms with Gasteiger partial charge in [-0.05, 0) is 105 Å². The Morgan fingerprint density at radius 1 is 1.03 bits per heavy atom. The van der Waals surface area contributed by atoms with Crippen LogP contribution in [0.5, 0.6) is 0 Å². The summed E-state index contributed by atoms with van der Waals surface area (Å²) in [6.07, 6.45) is 7.12. The first kappa shape index (κ1) is 21.8. The number of hydrogen-bond acceptors (Lipinski definition) is 4. The molecule has 4 aliphatic rings. The molecule has 0 bridgehead atoms. The fourth-order valence-electron chi connectivity index (χ4n) is 8.76. The van der Waals surface area contributed by atoms with Crippen molar-refractivity contribution >= 4 is 5.78 Å². The third-order valence-corrected chi connectivity index (χ3v) is 10.5. The lowest BCUT2D eigenvalue weighted by atomic mass is 9.43. The summed E-state index contributed by atoms with van der Waals surface area (Å²) in [4.78, 5) is 11.5. The molecule has 0 aromatic rings. The Kier molecular flexibility index (Phi) is 5.71. The molecule has 4 fully saturated rings. The Hall–Kier alpha value is -0.450. The van der Waals surface area contributed by atoms with Crippen molar-refractivity contribution in [2.75, 3.05) is 0 Å². The lowest BCUT2D eigenvalue weighted by Gasteiger charge is -2.63. The third-order valence-electron chi connectivity index (χ3n) is 10.5. The van der Waals surface area contributed by atoms with E-state index >= 15 is 0 Å². The molecular weight excluding hydrogens is 364 g/mol. The molecular formula is C25H42O4. The second-order valence-corrected chi connectivity index (χ2v) is 11.7. The third kappa shape index (κ3) is 3.32. The van der Waals surface area contributed by atoms with E-state index in [1.165, 1.54) is 0 Å². The highest BCUT2D eigenvalue weighted by atomic mass is 16.3. The average Bonchev–Trinajstić information content (AvgIpc) is 3.01. The normalized spacial score (nSPS) is 52.9. The van der Waals surface area contributed by atoms with Crippen LogP contribution in [0.1, 0.15) is 85.5 Å². The Morgan fingerprint density at radius 3 is 2.45 bits per heavy atom. The van der Waals surface area contributed by atoms with Gasteiger partial charge in [-0.3, -0.25) is 0 Å². The molecule has 0 amide bonds. The molecule has 4 nitrogen and oxygen atoms in total. The van der Waals surface area contributed by atoms with Crippen LogP contribution in [0.25, 0.3) is 0 Å². The van der Waals surface area contributed by atoms with Gasteiger partial charge in [-0.25, -0.2) is 0 Å². The molecule has 0 heterocycles. The highest BCUT2D eigenvalue weighted by molar-refractivity contribution is 5.75. The van der Waals surface area contributed by atoms with Crippen molar-refractivity contribution in [2.45, 2.75) is 104 Å². The van der Waals surface area contributed by atoms with Crippen LogP contribution in [0, 0.1) is 46.3 Å². The first-order valence-electron chi connectivity index (χ1n) is 12.1. The summed E-state index contributed by atoms with van der Waals surface area (Å²) in [5.41, 5.74) is -0.0283. The van der Waals surface area contributed by atoms with Crippen LogP contribution in [-0.4, -0.2) is 39.4 Å². The van der Waals surface area contributed by atoms with Gasteiger partial charge in [0.15, 0.2) is 0 Å². The topological polar surface area (TPSA) is 77.8 Å². The first-order chi connectivity index (χ1) is 13.6. The Bertz CT molecular complexity index is 634. The predicted octanol–water partition coefficient (Wildman–Crippen LogP) is 3.95. The number of ketones is 1. The number of fused-ring (bicyclic) bond motifs is 5. The lowest BCUT2D eigenvalue weighted by molar-refractivity contribution is -0.207. The second kappa shape index (κ2) is 7.60. The van der Waals surface area contributed by atoms with Crippen molar-refractivity contribution in [1.29, 1.82) is 0 Å². The van der Waals surface area contributed by atoms with Crippen molar-refractivity contribution in [3.8, 4) is 0 Å². The summed E-state index contributed by atoms with van der Waals surface area (Å²) in [6, 6.07) is 0. The molecule has 3 N–H and O–H groups in total. The van der Waals surface area contributed by atoms with Crippen LogP contribution in [0.3, 0.4) is 0 Å². The van der Waals surface area contributed by atoms with Gasteiger partial charge in [0.1, 0.15) is 5.78 Å². The Labute approximate surface area is 176 Å². The maximum absolute atomic E-state index is 11.5. The summed E-state index contributed by atoms with van der Waals surface area (Å²) in [5, 5.41) is 33.0. The molecule has 4 saturated carbocycles. The van der Waals surface area contributed by atoms with Gasteiger partial charge in [0.25, 0.3) is 0 Å². The second-order valence-electron chi connectivity index (χ2n) is 11.7. The Morgan fingerprint density at radius 2 is 1.76 bits per heavy atom. The highest BCUT2D eigenvalue weighted by Crippen LogP contribution is 2.68. The van der Waals surface area contributed by atoms with E-state index in [9.17, 15) is 20.1 Å². The van der Waals surface area contributed by atoms with Crippen molar-refractivity contribution in [3.05, 3.63) is 0 Å². The fourth-order valence-corrected chi connectivity index (χ4v) is 8.76. The highest BCUT2D eigenvalue weighted by Gasteiger charge is 2.65. The monoisotopic (exact) mass is 406 g/mol. The van der Waals surface area contributed by atoms with Gasteiger partial charge in [-0.2, -0.15) is 0 Å². The van der Waals surface area contributed by atoms with E-state index in [0.29, 0.717) is 36.0 Å². The van der Waals surface area contributed by atoms with Crippen LogP contribution < -0.4 is 0 Å². The lowest BCUT2D eigenvalue weighted by Crippen LogP contribution is -2.62. The first-order valence-corrected chi connectivity index (χ1v) is 12.1. The molecule has 0 spiro atoms. The average molecular weight is 407 g/mol. The van der Waals surface area contributed by atoms with E-state index in [1.54, 1.807) is 6.92 Å². The molecule has 0 aromatic heterocycles. The fraction of sp³-hybridized carbons (Fsp3) is 0.960. The number of hydrogen-bond donors (Lipinski definition) is 3.